The van der Waals surface area contributed by atoms with Crippen LogP contribution < -0.4 is 4.90 Å². The Labute approximate surface area is 253 Å². The zero-order valence-corrected chi connectivity index (χ0v) is 25.0. The van der Waals surface area contributed by atoms with Gasteiger partial charge in [0.15, 0.2) is 0 Å². The number of anilines is 1. The summed E-state index contributed by atoms with van der Waals surface area (Å²) in [5, 5.41) is 9.49. The number of aliphatic carboxylic acids is 1. The lowest BCUT2D eigenvalue weighted by molar-refractivity contribution is -0.192. The lowest BCUT2D eigenvalue weighted by Gasteiger charge is -2.35. The van der Waals surface area contributed by atoms with Crippen LogP contribution in [-0.4, -0.2) is 88.4 Å². The first-order valence-electron chi connectivity index (χ1n) is 13.9. The normalized spacial score (nSPS) is 16.8. The number of pyridine rings is 1. The van der Waals surface area contributed by atoms with Gasteiger partial charge in [-0.1, -0.05) is 23.7 Å². The molecule has 0 saturated carbocycles. The van der Waals surface area contributed by atoms with Gasteiger partial charge in [-0.15, -0.1) is 11.8 Å². The van der Waals surface area contributed by atoms with Crippen molar-refractivity contribution in [1.29, 1.82) is 0 Å². The summed E-state index contributed by atoms with van der Waals surface area (Å²) in [6.45, 7) is 6.72. The molecule has 1 aromatic carbocycles. The van der Waals surface area contributed by atoms with Crippen LogP contribution in [-0.2, 0) is 14.4 Å². The number of carboxylic acids is 1. The van der Waals surface area contributed by atoms with Crippen LogP contribution in [0.25, 0.3) is 0 Å². The van der Waals surface area contributed by atoms with Crippen LogP contribution in [0.3, 0.4) is 0 Å². The van der Waals surface area contributed by atoms with E-state index in [9.17, 15) is 22.8 Å². The van der Waals surface area contributed by atoms with Crippen molar-refractivity contribution in [1.82, 2.24) is 14.8 Å². The van der Waals surface area contributed by atoms with Crippen molar-refractivity contribution in [2.45, 2.75) is 55.5 Å². The molecule has 2 saturated heterocycles. The minimum atomic E-state index is -5.08. The Kier molecular flexibility index (Phi) is 12.9. The van der Waals surface area contributed by atoms with E-state index in [2.05, 4.69) is 16.0 Å². The van der Waals surface area contributed by atoms with E-state index in [1.165, 1.54) is 0 Å². The molecule has 8 nitrogen and oxygen atoms in total. The smallest absolute Gasteiger partial charge is 0.475 e. The Balaban J connectivity index is 0.000000616. The molecule has 2 aliphatic heterocycles. The quantitative estimate of drug-likeness (QED) is 0.406. The number of amides is 2. The topological polar surface area (TPSA) is 94.1 Å². The SMILES string of the molecule is CC(=O)N1CCC(C(=O)N(CCCN2CCC(Sc3ccccn3)CC2)c2cccc(Cl)c2)CC1.O=C(O)C(F)(F)F. The van der Waals surface area contributed by atoms with Gasteiger partial charge in [0.25, 0.3) is 0 Å². The Morgan fingerprint density at radius 2 is 1.71 bits per heavy atom. The first kappa shape index (κ1) is 33.7. The predicted octanol–water partition coefficient (Wildman–Crippen LogP) is 5.61. The molecule has 0 radical (unpaired) electrons. The molecule has 2 aliphatic rings. The number of aromatic nitrogens is 1. The molecule has 42 heavy (non-hydrogen) atoms. The van der Waals surface area contributed by atoms with Crippen LogP contribution in [0, 0.1) is 5.92 Å². The highest BCUT2D eigenvalue weighted by molar-refractivity contribution is 7.99. The zero-order chi connectivity index (χ0) is 30.7. The van der Waals surface area contributed by atoms with Gasteiger partial charge < -0.3 is 19.8 Å². The highest BCUT2D eigenvalue weighted by Crippen LogP contribution is 2.29. The van der Waals surface area contributed by atoms with E-state index >= 15 is 0 Å². The molecule has 1 aromatic heterocycles. The fourth-order valence-electron chi connectivity index (χ4n) is 4.96. The van der Waals surface area contributed by atoms with Gasteiger partial charge in [0.2, 0.25) is 11.8 Å². The van der Waals surface area contributed by atoms with Crippen molar-refractivity contribution in [3.63, 3.8) is 0 Å². The Hall–Kier alpha value is -2.83. The fraction of sp³-hybridized carbons (Fsp3) is 0.517. The maximum absolute atomic E-state index is 13.5. The molecule has 0 spiro atoms. The molecule has 13 heteroatoms. The Morgan fingerprint density at radius 1 is 1.05 bits per heavy atom. The number of carbonyl (C=O) groups is 3. The van der Waals surface area contributed by atoms with E-state index in [-0.39, 0.29) is 17.7 Å². The van der Waals surface area contributed by atoms with Crippen molar-refractivity contribution in [2.75, 3.05) is 44.2 Å². The van der Waals surface area contributed by atoms with E-state index in [4.69, 9.17) is 21.5 Å². The number of rotatable bonds is 8. The van der Waals surface area contributed by atoms with Gasteiger partial charge in [-0.3, -0.25) is 9.59 Å². The number of nitrogens with zero attached hydrogens (tertiary/aromatic N) is 4. The summed E-state index contributed by atoms with van der Waals surface area (Å²) in [7, 11) is 0. The number of alkyl halides is 3. The second-order valence-electron chi connectivity index (χ2n) is 10.2. The summed E-state index contributed by atoms with van der Waals surface area (Å²) in [4.78, 5) is 44.8. The molecule has 0 unspecified atom stereocenters. The number of halogens is 4. The molecule has 2 aromatic rings. The van der Waals surface area contributed by atoms with Crippen LogP contribution in [0.4, 0.5) is 18.9 Å². The third-order valence-electron chi connectivity index (χ3n) is 7.23. The zero-order valence-electron chi connectivity index (χ0n) is 23.4. The summed E-state index contributed by atoms with van der Waals surface area (Å²) >= 11 is 8.15. The van der Waals surface area contributed by atoms with Gasteiger partial charge in [-0.05, 0) is 82.1 Å². The molecular formula is C29H36ClF3N4O4S. The fourth-order valence-corrected chi connectivity index (χ4v) is 6.21. The van der Waals surface area contributed by atoms with Crippen molar-refractivity contribution in [3.8, 4) is 0 Å². The Bertz CT molecular complexity index is 1170. The van der Waals surface area contributed by atoms with Crippen molar-refractivity contribution in [3.05, 3.63) is 53.7 Å². The highest BCUT2D eigenvalue weighted by Gasteiger charge is 2.38. The molecule has 0 atom stereocenters. The van der Waals surface area contributed by atoms with Gasteiger partial charge in [0.1, 0.15) is 0 Å². The largest absolute Gasteiger partial charge is 0.490 e. The standard InChI is InChI=1S/C27H35ClN4O2S.C2HF3O2/c1-21(33)31-18-9-22(10-19-31)27(34)32(24-7-4-6-23(28)20-24)15-5-14-30-16-11-25(12-17-30)35-26-8-2-3-13-29-26;3-2(4,5)1(6)7/h2-4,6-8,13,20,22,25H,5,9-12,14-19H2,1H3;(H,6,7). The van der Waals surface area contributed by atoms with Crippen molar-refractivity contribution in [2.24, 2.45) is 5.92 Å². The number of benzene rings is 1. The second kappa shape index (κ2) is 16.1. The van der Waals surface area contributed by atoms with Gasteiger partial charge in [0.05, 0.1) is 5.03 Å². The molecule has 1 N–H and O–H groups in total. The lowest BCUT2D eigenvalue weighted by atomic mass is 9.94. The van der Waals surface area contributed by atoms with Crippen LogP contribution in [0.1, 0.15) is 39.0 Å². The van der Waals surface area contributed by atoms with Crippen molar-refractivity contribution < 1.29 is 32.7 Å². The monoisotopic (exact) mass is 628 g/mol. The number of likely N-dealkylation sites (tertiary alicyclic amines) is 2. The third kappa shape index (κ3) is 10.8. The maximum atomic E-state index is 13.5. The number of thioether (sulfide) groups is 1. The molecule has 4 rings (SSSR count). The average Bonchev–Trinajstić information content (AvgIpc) is 2.96. The second-order valence-corrected chi connectivity index (χ2v) is 12.0. The first-order valence-corrected chi connectivity index (χ1v) is 15.1. The van der Waals surface area contributed by atoms with E-state index in [1.54, 1.807) is 6.92 Å². The molecule has 0 aliphatic carbocycles. The van der Waals surface area contributed by atoms with Crippen LogP contribution in [0.15, 0.2) is 53.7 Å². The molecule has 0 bridgehead atoms. The summed E-state index contributed by atoms with van der Waals surface area (Å²) in [6.07, 6.45) is 1.45. The number of hydrogen-bond acceptors (Lipinski definition) is 6. The third-order valence-corrected chi connectivity index (χ3v) is 8.76. The first-order chi connectivity index (χ1) is 19.9. The maximum Gasteiger partial charge on any atom is 0.490 e. The number of carboxylic acid groups (broad SMARTS) is 1. The van der Waals surface area contributed by atoms with Crippen molar-refractivity contribution >= 4 is 46.8 Å². The van der Waals surface area contributed by atoms with Crippen LogP contribution in [0.5, 0.6) is 0 Å². The summed E-state index contributed by atoms with van der Waals surface area (Å²) < 4.78 is 31.7. The van der Waals surface area contributed by atoms with Gasteiger partial charge >= 0.3 is 12.1 Å². The summed E-state index contributed by atoms with van der Waals surface area (Å²) in [5.41, 5.74) is 0.863. The Morgan fingerprint density at radius 3 is 2.26 bits per heavy atom. The predicted molar refractivity (Wildman–Crippen MR) is 157 cm³/mol. The van der Waals surface area contributed by atoms with Gasteiger partial charge in [0, 0.05) is 54.6 Å². The molecule has 3 heterocycles. The highest BCUT2D eigenvalue weighted by atomic mass is 35.5. The number of carbonyl (C=O) groups excluding carboxylic acids is 2. The summed E-state index contributed by atoms with van der Waals surface area (Å²) in [5.74, 6) is -2.57. The van der Waals surface area contributed by atoms with Crippen LogP contribution in [0.2, 0.25) is 5.02 Å². The lowest BCUT2D eigenvalue weighted by Crippen LogP contribution is -2.45. The molecular weight excluding hydrogens is 593 g/mol. The summed E-state index contributed by atoms with van der Waals surface area (Å²) in [6, 6.07) is 13.7. The van der Waals surface area contributed by atoms with Crippen LogP contribution >= 0.6 is 23.4 Å². The average molecular weight is 629 g/mol. The van der Waals surface area contributed by atoms with Gasteiger partial charge in [-0.25, -0.2) is 9.78 Å². The molecule has 2 fully saturated rings. The van der Waals surface area contributed by atoms with E-state index in [0.29, 0.717) is 29.9 Å². The minimum absolute atomic E-state index is 0.0519. The van der Waals surface area contributed by atoms with Gasteiger partial charge in [-0.2, -0.15) is 13.2 Å². The number of piperidine rings is 2. The minimum Gasteiger partial charge on any atom is -0.475 e. The number of hydrogen-bond donors (Lipinski definition) is 1. The van der Waals surface area contributed by atoms with E-state index in [0.717, 1.165) is 62.5 Å². The molecule has 230 valence electrons. The van der Waals surface area contributed by atoms with E-state index < -0.39 is 12.1 Å². The van der Waals surface area contributed by atoms with E-state index in [1.807, 2.05) is 64.2 Å². The molecule has 2 amide bonds.